The van der Waals surface area contributed by atoms with Crippen LogP contribution in [0.3, 0.4) is 0 Å². The van der Waals surface area contributed by atoms with Gasteiger partial charge in [0.25, 0.3) is 0 Å². The molecule has 106 valence electrons. The van der Waals surface area contributed by atoms with E-state index in [0.717, 1.165) is 17.7 Å². The lowest BCUT2D eigenvalue weighted by atomic mass is 10.2. The van der Waals surface area contributed by atoms with Gasteiger partial charge in [-0.2, -0.15) is 5.10 Å². The first-order valence-electron chi connectivity index (χ1n) is 6.00. The van der Waals surface area contributed by atoms with Crippen molar-refractivity contribution in [2.24, 2.45) is 7.05 Å². The summed E-state index contributed by atoms with van der Waals surface area (Å²) in [5, 5.41) is 4.79. The van der Waals surface area contributed by atoms with Gasteiger partial charge in [0.15, 0.2) is 6.29 Å². The van der Waals surface area contributed by atoms with Gasteiger partial charge in [0.2, 0.25) is 0 Å². The molecular weight excluding hydrogens is 280 g/mol. The fourth-order valence-electron chi connectivity index (χ4n) is 1.86. The summed E-state index contributed by atoms with van der Waals surface area (Å²) in [6.07, 6.45) is 0.730. The minimum absolute atomic E-state index is 0.239. The van der Waals surface area contributed by atoms with E-state index in [9.17, 15) is 4.79 Å². The maximum Gasteiger partial charge on any atom is 0.153 e. The SMILES string of the molecule is COc1ccc(OCc2c(Cl)c(C)nn2C)c(C=O)c1. The molecule has 0 bridgehead atoms. The highest BCUT2D eigenvalue weighted by atomic mass is 35.5. The number of hydrogen-bond acceptors (Lipinski definition) is 4. The lowest BCUT2D eigenvalue weighted by Crippen LogP contribution is -2.05. The van der Waals surface area contributed by atoms with E-state index in [1.807, 2.05) is 6.92 Å². The molecule has 20 heavy (non-hydrogen) atoms. The predicted octanol–water partition coefficient (Wildman–Crippen LogP) is 2.78. The standard InChI is InChI=1S/C14H15ClN2O3/c1-9-14(15)12(17(2)16-9)8-20-13-5-4-11(19-3)6-10(13)7-18/h4-7H,8H2,1-3H3. The molecule has 0 aliphatic rings. The largest absolute Gasteiger partial charge is 0.497 e. The molecule has 0 saturated heterocycles. The molecule has 5 nitrogen and oxygen atoms in total. The zero-order valence-electron chi connectivity index (χ0n) is 11.5. The summed E-state index contributed by atoms with van der Waals surface area (Å²) in [6, 6.07) is 5.05. The van der Waals surface area contributed by atoms with Crippen molar-refractivity contribution in [2.75, 3.05) is 7.11 Å². The topological polar surface area (TPSA) is 53.4 Å². The molecular formula is C14H15ClN2O3. The van der Waals surface area contributed by atoms with E-state index < -0.39 is 0 Å². The summed E-state index contributed by atoms with van der Waals surface area (Å²) in [6.45, 7) is 2.07. The van der Waals surface area contributed by atoms with Crippen molar-refractivity contribution in [1.82, 2.24) is 9.78 Å². The molecule has 1 heterocycles. The van der Waals surface area contributed by atoms with Crippen molar-refractivity contribution in [2.45, 2.75) is 13.5 Å². The second-order valence-electron chi connectivity index (χ2n) is 4.28. The Hall–Kier alpha value is -2.01. The highest BCUT2D eigenvalue weighted by molar-refractivity contribution is 6.31. The number of aldehydes is 1. The Labute approximate surface area is 122 Å². The fourth-order valence-corrected chi connectivity index (χ4v) is 2.07. The summed E-state index contributed by atoms with van der Waals surface area (Å²) in [7, 11) is 3.34. The van der Waals surface area contributed by atoms with Crippen LogP contribution in [0, 0.1) is 6.92 Å². The molecule has 0 spiro atoms. The van der Waals surface area contributed by atoms with Crippen LogP contribution in [0.1, 0.15) is 21.7 Å². The first kappa shape index (κ1) is 14.4. The lowest BCUT2D eigenvalue weighted by Gasteiger charge is -2.10. The van der Waals surface area contributed by atoms with Crippen LogP contribution in [-0.4, -0.2) is 23.2 Å². The molecule has 6 heteroatoms. The summed E-state index contributed by atoms with van der Waals surface area (Å²) < 4.78 is 12.4. The van der Waals surface area contributed by atoms with Crippen molar-refractivity contribution < 1.29 is 14.3 Å². The Bertz CT molecular complexity index is 638. The third-order valence-electron chi connectivity index (χ3n) is 2.97. The average Bonchev–Trinajstić information content (AvgIpc) is 2.70. The molecule has 2 aromatic rings. The number of nitrogens with zero attached hydrogens (tertiary/aromatic N) is 2. The van der Waals surface area contributed by atoms with Gasteiger partial charge < -0.3 is 9.47 Å². The van der Waals surface area contributed by atoms with Crippen molar-refractivity contribution in [3.63, 3.8) is 0 Å². The monoisotopic (exact) mass is 294 g/mol. The summed E-state index contributed by atoms with van der Waals surface area (Å²) in [4.78, 5) is 11.1. The minimum Gasteiger partial charge on any atom is -0.497 e. The van der Waals surface area contributed by atoms with Gasteiger partial charge in [0.1, 0.15) is 18.1 Å². The van der Waals surface area contributed by atoms with Crippen LogP contribution in [0.25, 0.3) is 0 Å². The maximum atomic E-state index is 11.1. The number of carbonyl (C=O) groups excluding carboxylic acids is 1. The first-order valence-corrected chi connectivity index (χ1v) is 6.38. The number of halogens is 1. The summed E-state index contributed by atoms with van der Waals surface area (Å²) >= 11 is 6.15. The Morgan fingerprint density at radius 3 is 2.75 bits per heavy atom. The summed E-state index contributed by atoms with van der Waals surface area (Å²) in [5.74, 6) is 1.09. The number of benzene rings is 1. The molecule has 1 aromatic carbocycles. The van der Waals surface area contributed by atoms with Gasteiger partial charge in [0.05, 0.1) is 29.1 Å². The van der Waals surface area contributed by atoms with Crippen LogP contribution >= 0.6 is 11.6 Å². The highest BCUT2D eigenvalue weighted by Crippen LogP contribution is 2.25. The van der Waals surface area contributed by atoms with Crippen molar-refractivity contribution >= 4 is 17.9 Å². The Kier molecular flexibility index (Phi) is 4.29. The van der Waals surface area contributed by atoms with Gasteiger partial charge in [-0.1, -0.05) is 11.6 Å². The smallest absolute Gasteiger partial charge is 0.153 e. The molecule has 0 radical (unpaired) electrons. The van der Waals surface area contributed by atoms with E-state index in [-0.39, 0.29) is 6.61 Å². The molecule has 0 saturated carbocycles. The molecule has 0 aliphatic heterocycles. The Balaban J connectivity index is 2.20. The van der Waals surface area contributed by atoms with Crippen LogP contribution in [0.2, 0.25) is 5.02 Å². The number of rotatable bonds is 5. The van der Waals surface area contributed by atoms with Crippen LogP contribution in [-0.2, 0) is 13.7 Å². The fraction of sp³-hybridized carbons (Fsp3) is 0.286. The third-order valence-corrected chi connectivity index (χ3v) is 3.46. The molecule has 1 aromatic heterocycles. The van der Waals surface area contributed by atoms with Gasteiger partial charge in [-0.25, -0.2) is 0 Å². The van der Waals surface area contributed by atoms with E-state index >= 15 is 0 Å². The van der Waals surface area contributed by atoms with E-state index in [4.69, 9.17) is 21.1 Å². The predicted molar refractivity (Wildman–Crippen MR) is 75.7 cm³/mol. The molecule has 0 amide bonds. The van der Waals surface area contributed by atoms with Gasteiger partial charge in [0, 0.05) is 7.05 Å². The van der Waals surface area contributed by atoms with Gasteiger partial charge in [-0.3, -0.25) is 9.48 Å². The van der Waals surface area contributed by atoms with Crippen molar-refractivity contribution in [3.8, 4) is 11.5 Å². The Morgan fingerprint density at radius 2 is 2.20 bits per heavy atom. The first-order chi connectivity index (χ1) is 9.56. The number of aryl methyl sites for hydroxylation is 2. The number of carbonyl (C=O) groups is 1. The van der Waals surface area contributed by atoms with E-state index in [1.54, 1.807) is 37.0 Å². The van der Waals surface area contributed by atoms with E-state index in [2.05, 4.69) is 5.10 Å². The average molecular weight is 295 g/mol. The molecule has 0 fully saturated rings. The zero-order valence-corrected chi connectivity index (χ0v) is 12.3. The lowest BCUT2D eigenvalue weighted by molar-refractivity contribution is 0.111. The third kappa shape index (κ3) is 2.77. The molecule has 0 unspecified atom stereocenters. The quantitative estimate of drug-likeness (QED) is 0.796. The molecule has 0 aliphatic carbocycles. The molecule has 0 atom stereocenters. The van der Waals surface area contributed by atoms with E-state index in [0.29, 0.717) is 22.1 Å². The van der Waals surface area contributed by atoms with Gasteiger partial charge in [-0.15, -0.1) is 0 Å². The minimum atomic E-state index is 0.239. The normalized spacial score (nSPS) is 10.4. The van der Waals surface area contributed by atoms with Crippen LogP contribution in [0.4, 0.5) is 0 Å². The second kappa shape index (κ2) is 5.96. The van der Waals surface area contributed by atoms with Crippen LogP contribution < -0.4 is 9.47 Å². The number of hydrogen-bond donors (Lipinski definition) is 0. The Morgan fingerprint density at radius 1 is 1.45 bits per heavy atom. The molecule has 0 N–H and O–H groups in total. The maximum absolute atomic E-state index is 11.1. The number of aromatic nitrogens is 2. The molecule has 2 rings (SSSR count). The van der Waals surface area contributed by atoms with Gasteiger partial charge >= 0.3 is 0 Å². The number of methoxy groups -OCH3 is 1. The highest BCUT2D eigenvalue weighted by Gasteiger charge is 2.13. The zero-order chi connectivity index (χ0) is 14.7. The second-order valence-corrected chi connectivity index (χ2v) is 4.66. The van der Waals surface area contributed by atoms with E-state index in [1.165, 1.54) is 0 Å². The van der Waals surface area contributed by atoms with Crippen molar-refractivity contribution in [1.29, 1.82) is 0 Å². The van der Waals surface area contributed by atoms with Crippen molar-refractivity contribution in [3.05, 3.63) is 40.2 Å². The van der Waals surface area contributed by atoms with Crippen LogP contribution in [0.5, 0.6) is 11.5 Å². The van der Waals surface area contributed by atoms with Crippen LogP contribution in [0.15, 0.2) is 18.2 Å². The number of ether oxygens (including phenoxy) is 2. The summed E-state index contributed by atoms with van der Waals surface area (Å²) in [5.41, 5.74) is 1.94. The van der Waals surface area contributed by atoms with Gasteiger partial charge in [-0.05, 0) is 25.1 Å².